The molecule has 0 aromatic heterocycles. The number of rotatable bonds is 7. The van der Waals surface area contributed by atoms with Crippen LogP contribution in [0.15, 0.2) is 30.4 Å². The second-order valence-electron chi connectivity index (χ2n) is 8.31. The van der Waals surface area contributed by atoms with Crippen LogP contribution in [0.2, 0.25) is 0 Å². The van der Waals surface area contributed by atoms with Gasteiger partial charge >= 0.3 is 5.97 Å². The number of benzene rings is 1. The van der Waals surface area contributed by atoms with Crippen molar-refractivity contribution in [2.45, 2.75) is 44.7 Å². The van der Waals surface area contributed by atoms with E-state index in [0.29, 0.717) is 24.3 Å². The van der Waals surface area contributed by atoms with Gasteiger partial charge in [0, 0.05) is 37.3 Å². The van der Waals surface area contributed by atoms with Crippen molar-refractivity contribution in [2.75, 3.05) is 31.6 Å². The normalized spacial score (nSPS) is 26.6. The van der Waals surface area contributed by atoms with Gasteiger partial charge in [-0.3, -0.25) is 4.79 Å². The van der Waals surface area contributed by atoms with Crippen LogP contribution in [-0.2, 0) is 9.53 Å². The Morgan fingerprint density at radius 3 is 2.59 bits per heavy atom. The molecular formula is C24H34N2O8. The molecule has 1 aromatic rings. The maximum atomic E-state index is 12.9. The molecule has 10 heteroatoms. The summed E-state index contributed by atoms with van der Waals surface area (Å²) in [4.78, 5) is 25.0. The smallest absolute Gasteiger partial charge is 0.342 e. The third-order valence-corrected chi connectivity index (χ3v) is 5.50. The largest absolute Gasteiger partial charge is 0.507 e. The minimum Gasteiger partial charge on any atom is -0.507 e. The number of aromatic hydroxyl groups is 1. The molecule has 1 heterocycles. The third-order valence-electron chi connectivity index (χ3n) is 5.50. The zero-order valence-electron chi connectivity index (χ0n) is 19.3. The second-order valence-corrected chi connectivity index (χ2v) is 8.31. The molecule has 0 spiro atoms. The predicted molar refractivity (Wildman–Crippen MR) is 126 cm³/mol. The van der Waals surface area contributed by atoms with E-state index in [1.165, 1.54) is 30.4 Å². The van der Waals surface area contributed by atoms with Gasteiger partial charge in [0.05, 0.1) is 18.8 Å². The number of anilines is 1. The third kappa shape index (κ3) is 7.93. The molecule has 5 atom stereocenters. The monoisotopic (exact) mass is 478 g/mol. The summed E-state index contributed by atoms with van der Waals surface area (Å²) in [6, 6.07) is 3.02. The van der Waals surface area contributed by atoms with Crippen LogP contribution < -0.4 is 10.6 Å². The van der Waals surface area contributed by atoms with Crippen LogP contribution >= 0.6 is 0 Å². The van der Waals surface area contributed by atoms with Crippen LogP contribution in [0.25, 0.3) is 6.08 Å². The number of ketones is 1. The van der Waals surface area contributed by atoms with Crippen LogP contribution in [0.5, 0.6) is 5.75 Å². The Bertz CT molecular complexity index is 901. The number of aliphatic hydroxyl groups is 4. The summed E-state index contributed by atoms with van der Waals surface area (Å²) in [6.07, 6.45) is 1.20. The first-order valence-corrected chi connectivity index (χ1v) is 11.2. The lowest BCUT2D eigenvalue weighted by Gasteiger charge is -2.20. The van der Waals surface area contributed by atoms with E-state index in [1.807, 2.05) is 0 Å². The Morgan fingerprint density at radius 2 is 1.88 bits per heavy atom. The number of phenols is 1. The van der Waals surface area contributed by atoms with E-state index >= 15 is 0 Å². The Labute approximate surface area is 198 Å². The predicted octanol–water partition coefficient (Wildman–Crippen LogP) is 0.192. The fourth-order valence-electron chi connectivity index (χ4n) is 3.22. The number of aliphatic hydroxyl groups excluding tert-OH is 4. The lowest BCUT2D eigenvalue weighted by atomic mass is 9.99. The van der Waals surface area contributed by atoms with Crippen molar-refractivity contribution < 1.29 is 39.9 Å². The molecule has 1 aliphatic rings. The number of nitrogens with one attached hydrogen (secondary N) is 2. The summed E-state index contributed by atoms with van der Waals surface area (Å²) in [6.45, 7) is 4.17. The van der Waals surface area contributed by atoms with Crippen molar-refractivity contribution in [3.8, 4) is 5.75 Å². The number of esters is 1. The van der Waals surface area contributed by atoms with E-state index in [0.717, 1.165) is 0 Å². The second kappa shape index (κ2) is 13.2. The van der Waals surface area contributed by atoms with E-state index in [2.05, 4.69) is 10.6 Å². The molecule has 0 saturated carbocycles. The molecule has 2 rings (SSSR count). The first-order valence-electron chi connectivity index (χ1n) is 11.2. The summed E-state index contributed by atoms with van der Waals surface area (Å²) in [5, 5.41) is 55.0. The minimum atomic E-state index is -1.59. The SMILES string of the molecule is C[C@@H]1/C=C/C(=O)[C@H](O)[C@@H](O)C/C=C/c2cc(NCCNCC(O)CO)cc(O)c2C(=O)O[C@H]1C. The Hall–Kier alpha value is -2.76. The highest BCUT2D eigenvalue weighted by molar-refractivity contribution is 5.97. The Morgan fingerprint density at radius 1 is 1.15 bits per heavy atom. The quantitative estimate of drug-likeness (QED) is 0.212. The standard InChI is InChI=1S/C24H34N2O8/c1-14-6-7-20(30)23(32)19(29)5-3-4-16-10-17(26-9-8-25-12-18(28)13-27)11-21(31)22(16)24(33)34-15(14)2/h3-4,6-7,10-11,14-15,18-19,23,25-29,31-32H,5,8-9,12-13H2,1-2H3/b4-3+,7-6+/t14-,15+,18?,19+,23-/m1/s1. The number of cyclic esters (lactones) is 1. The molecule has 34 heavy (non-hydrogen) atoms. The minimum absolute atomic E-state index is 0.0443. The molecule has 1 unspecified atom stereocenters. The van der Waals surface area contributed by atoms with Gasteiger partial charge in [-0.15, -0.1) is 0 Å². The van der Waals surface area contributed by atoms with E-state index in [1.54, 1.807) is 19.9 Å². The zero-order chi connectivity index (χ0) is 25.3. The summed E-state index contributed by atoms with van der Waals surface area (Å²) in [7, 11) is 0. The van der Waals surface area contributed by atoms with Crippen LogP contribution in [0.4, 0.5) is 5.69 Å². The lowest BCUT2D eigenvalue weighted by Crippen LogP contribution is -2.32. The first kappa shape index (κ1) is 27.5. The first-order chi connectivity index (χ1) is 16.1. The molecule has 0 aliphatic carbocycles. The highest BCUT2D eigenvalue weighted by Crippen LogP contribution is 2.29. The van der Waals surface area contributed by atoms with E-state index in [-0.39, 0.29) is 36.8 Å². The average molecular weight is 479 g/mol. The van der Waals surface area contributed by atoms with Gasteiger partial charge < -0.3 is 40.9 Å². The van der Waals surface area contributed by atoms with Gasteiger partial charge in [-0.05, 0) is 31.1 Å². The number of fused-ring (bicyclic) bond motifs is 1. The summed E-state index contributed by atoms with van der Waals surface area (Å²) < 4.78 is 5.50. The molecule has 1 aromatic carbocycles. The van der Waals surface area contributed by atoms with Crippen LogP contribution in [0.1, 0.15) is 36.2 Å². The summed E-state index contributed by atoms with van der Waals surface area (Å²) in [5.41, 5.74) is 0.799. The van der Waals surface area contributed by atoms with E-state index in [4.69, 9.17) is 9.84 Å². The number of hydrogen-bond acceptors (Lipinski definition) is 10. The van der Waals surface area contributed by atoms with Crippen LogP contribution in [0, 0.1) is 5.92 Å². The van der Waals surface area contributed by atoms with Gasteiger partial charge in [-0.1, -0.05) is 25.2 Å². The number of phenolic OH excluding ortho intramolecular Hbond substituents is 1. The number of carbonyl (C=O) groups excluding carboxylic acids is 2. The van der Waals surface area contributed by atoms with Gasteiger partial charge in [0.25, 0.3) is 0 Å². The fraction of sp³-hybridized carbons (Fsp3) is 0.500. The number of hydrogen-bond donors (Lipinski definition) is 7. The van der Waals surface area contributed by atoms with Gasteiger partial charge in [-0.25, -0.2) is 4.79 Å². The van der Waals surface area contributed by atoms with Crippen LogP contribution in [0.3, 0.4) is 0 Å². The lowest BCUT2D eigenvalue weighted by molar-refractivity contribution is -0.127. The Balaban J connectivity index is 2.27. The van der Waals surface area contributed by atoms with Gasteiger partial charge in [-0.2, -0.15) is 0 Å². The molecule has 0 amide bonds. The van der Waals surface area contributed by atoms with Gasteiger partial charge in [0.2, 0.25) is 0 Å². The fourth-order valence-corrected chi connectivity index (χ4v) is 3.22. The van der Waals surface area contributed by atoms with Gasteiger partial charge in [0.1, 0.15) is 23.5 Å². The average Bonchev–Trinajstić information content (AvgIpc) is 2.80. The van der Waals surface area contributed by atoms with Crippen molar-refractivity contribution in [3.63, 3.8) is 0 Å². The summed E-state index contributed by atoms with van der Waals surface area (Å²) in [5.74, 6) is -2.04. The molecule has 1 aliphatic heterocycles. The topological polar surface area (TPSA) is 169 Å². The molecule has 0 radical (unpaired) electrons. The maximum Gasteiger partial charge on any atom is 0.342 e. The zero-order valence-corrected chi connectivity index (χ0v) is 19.3. The Kier molecular flexibility index (Phi) is 10.7. The highest BCUT2D eigenvalue weighted by Gasteiger charge is 2.25. The van der Waals surface area contributed by atoms with Crippen LogP contribution in [-0.4, -0.2) is 87.9 Å². The van der Waals surface area contributed by atoms with Crippen molar-refractivity contribution in [3.05, 3.63) is 41.5 Å². The van der Waals surface area contributed by atoms with Crippen molar-refractivity contribution in [1.29, 1.82) is 0 Å². The highest BCUT2D eigenvalue weighted by atomic mass is 16.5. The van der Waals surface area contributed by atoms with Crippen molar-refractivity contribution in [2.24, 2.45) is 5.92 Å². The molecule has 7 N–H and O–H groups in total. The molecule has 188 valence electrons. The number of carbonyl (C=O) groups is 2. The number of ether oxygens (including phenoxy) is 1. The molecule has 0 fully saturated rings. The molecular weight excluding hydrogens is 444 g/mol. The maximum absolute atomic E-state index is 12.9. The van der Waals surface area contributed by atoms with Crippen molar-refractivity contribution >= 4 is 23.5 Å². The van der Waals surface area contributed by atoms with Crippen molar-refractivity contribution in [1.82, 2.24) is 5.32 Å². The molecule has 0 saturated heterocycles. The summed E-state index contributed by atoms with van der Waals surface area (Å²) >= 11 is 0. The van der Waals surface area contributed by atoms with E-state index in [9.17, 15) is 30.0 Å². The molecule has 0 bridgehead atoms. The van der Waals surface area contributed by atoms with E-state index < -0.39 is 36.2 Å². The molecule has 10 nitrogen and oxygen atoms in total. The van der Waals surface area contributed by atoms with Gasteiger partial charge in [0.15, 0.2) is 5.78 Å².